The Labute approximate surface area is 259 Å². The zero-order valence-electron chi connectivity index (χ0n) is 25.2. The van der Waals surface area contributed by atoms with Crippen LogP contribution in [0.5, 0.6) is 0 Å². The van der Waals surface area contributed by atoms with Gasteiger partial charge in [-0.25, -0.2) is 12.8 Å². The molecule has 44 heavy (non-hydrogen) atoms. The minimum atomic E-state index is -4.29. The number of nitrogens with one attached hydrogen (secondary N) is 1. The van der Waals surface area contributed by atoms with Gasteiger partial charge < -0.3 is 10.2 Å². The number of carbonyl (C=O) groups is 2. The van der Waals surface area contributed by atoms with E-state index in [-0.39, 0.29) is 35.4 Å². The van der Waals surface area contributed by atoms with Gasteiger partial charge in [0.1, 0.15) is 18.4 Å². The van der Waals surface area contributed by atoms with Crippen molar-refractivity contribution in [3.05, 3.63) is 132 Å². The van der Waals surface area contributed by atoms with Crippen LogP contribution >= 0.6 is 0 Å². The molecular weight excluding hydrogens is 577 g/mol. The van der Waals surface area contributed by atoms with Crippen molar-refractivity contribution < 1.29 is 22.4 Å². The topological polar surface area (TPSA) is 86.8 Å². The van der Waals surface area contributed by atoms with Gasteiger partial charge in [0.25, 0.3) is 10.0 Å². The Morgan fingerprint density at radius 1 is 0.795 bits per heavy atom. The van der Waals surface area contributed by atoms with Gasteiger partial charge in [0.05, 0.1) is 10.6 Å². The third kappa shape index (κ3) is 8.54. The fourth-order valence-corrected chi connectivity index (χ4v) is 6.14. The van der Waals surface area contributed by atoms with E-state index in [0.717, 1.165) is 33.1 Å². The van der Waals surface area contributed by atoms with E-state index in [1.165, 1.54) is 17.0 Å². The molecule has 0 aliphatic rings. The van der Waals surface area contributed by atoms with Crippen molar-refractivity contribution in [2.45, 2.75) is 44.7 Å². The summed E-state index contributed by atoms with van der Waals surface area (Å²) in [5.74, 6) is -1.27. The summed E-state index contributed by atoms with van der Waals surface area (Å²) in [5.41, 5.74) is 2.84. The molecule has 1 N–H and O–H groups in total. The van der Waals surface area contributed by atoms with Crippen molar-refractivity contribution in [3.8, 4) is 0 Å². The molecule has 4 aromatic carbocycles. The Morgan fingerprint density at radius 2 is 1.36 bits per heavy atom. The standard InChI is InChI=1S/C35H38FN3O4S/c1-26(2)23-37-35(41)33(22-28-10-6-4-7-11-28)38(24-29-12-8-5-9-13-29)34(40)25-39(31-18-14-27(3)15-19-31)44(42,43)32-20-16-30(36)17-21-32/h4-21,26,33H,22-25H2,1-3H3,(H,37,41)/t33-/m0/s1. The first-order valence-electron chi connectivity index (χ1n) is 14.5. The highest BCUT2D eigenvalue weighted by Gasteiger charge is 2.34. The molecule has 4 aromatic rings. The van der Waals surface area contributed by atoms with Crippen molar-refractivity contribution in [2.24, 2.45) is 5.92 Å². The quantitative estimate of drug-likeness (QED) is 0.208. The van der Waals surface area contributed by atoms with Gasteiger partial charge >= 0.3 is 0 Å². The average molecular weight is 616 g/mol. The van der Waals surface area contributed by atoms with Crippen LogP contribution in [0.3, 0.4) is 0 Å². The smallest absolute Gasteiger partial charge is 0.264 e. The predicted octanol–water partition coefficient (Wildman–Crippen LogP) is 5.74. The lowest BCUT2D eigenvalue weighted by Crippen LogP contribution is -2.53. The normalized spacial score (nSPS) is 12.0. The van der Waals surface area contributed by atoms with Crippen LogP contribution in [0.4, 0.5) is 10.1 Å². The number of anilines is 1. The first kappa shape index (κ1) is 32.4. The second-order valence-electron chi connectivity index (χ2n) is 11.2. The Balaban J connectivity index is 1.78. The van der Waals surface area contributed by atoms with Gasteiger partial charge in [-0.05, 0) is 60.4 Å². The molecular formula is C35H38FN3O4S. The van der Waals surface area contributed by atoms with Crippen LogP contribution in [-0.2, 0) is 32.6 Å². The third-order valence-corrected chi connectivity index (χ3v) is 8.94. The summed E-state index contributed by atoms with van der Waals surface area (Å²) in [4.78, 5) is 29.4. The lowest BCUT2D eigenvalue weighted by atomic mass is 10.0. The zero-order chi connectivity index (χ0) is 31.7. The van der Waals surface area contributed by atoms with Crippen molar-refractivity contribution >= 4 is 27.5 Å². The van der Waals surface area contributed by atoms with Gasteiger partial charge in [-0.3, -0.25) is 13.9 Å². The number of halogens is 1. The minimum absolute atomic E-state index is 0.0879. The van der Waals surface area contributed by atoms with Crippen molar-refractivity contribution in [1.29, 1.82) is 0 Å². The molecule has 1 atom stereocenters. The van der Waals surface area contributed by atoms with E-state index < -0.39 is 34.3 Å². The molecule has 0 fully saturated rings. The first-order valence-corrected chi connectivity index (χ1v) is 16.0. The van der Waals surface area contributed by atoms with E-state index in [4.69, 9.17) is 0 Å². The number of rotatable bonds is 13. The summed E-state index contributed by atoms with van der Waals surface area (Å²) in [6.45, 7) is 5.78. The summed E-state index contributed by atoms with van der Waals surface area (Å²) in [5, 5.41) is 2.98. The largest absolute Gasteiger partial charge is 0.354 e. The number of carbonyl (C=O) groups excluding carboxylic acids is 2. The second-order valence-corrected chi connectivity index (χ2v) is 13.0. The molecule has 7 nitrogen and oxygen atoms in total. The Hall–Kier alpha value is -4.50. The Bertz CT molecular complexity index is 1630. The molecule has 0 aromatic heterocycles. The van der Waals surface area contributed by atoms with Gasteiger partial charge in [0, 0.05) is 19.5 Å². The van der Waals surface area contributed by atoms with Crippen LogP contribution in [0.25, 0.3) is 0 Å². The van der Waals surface area contributed by atoms with E-state index in [2.05, 4.69) is 5.32 Å². The molecule has 0 unspecified atom stereocenters. The maximum Gasteiger partial charge on any atom is 0.264 e. The predicted molar refractivity (Wildman–Crippen MR) is 171 cm³/mol. The van der Waals surface area contributed by atoms with Crippen molar-refractivity contribution in [3.63, 3.8) is 0 Å². The molecule has 0 saturated heterocycles. The first-order chi connectivity index (χ1) is 21.0. The second kappa shape index (κ2) is 14.8. The van der Waals surface area contributed by atoms with Crippen LogP contribution in [0.15, 0.2) is 114 Å². The highest BCUT2D eigenvalue weighted by Crippen LogP contribution is 2.26. The number of hydrogen-bond acceptors (Lipinski definition) is 4. The fourth-order valence-electron chi connectivity index (χ4n) is 4.73. The van der Waals surface area contributed by atoms with E-state index in [0.29, 0.717) is 6.54 Å². The zero-order valence-corrected chi connectivity index (χ0v) is 26.0. The lowest BCUT2D eigenvalue weighted by molar-refractivity contribution is -0.140. The van der Waals surface area contributed by atoms with Crippen LogP contribution < -0.4 is 9.62 Å². The monoisotopic (exact) mass is 615 g/mol. The summed E-state index contributed by atoms with van der Waals surface area (Å²) in [7, 11) is -4.29. The average Bonchev–Trinajstić information content (AvgIpc) is 3.02. The number of aryl methyl sites for hydroxylation is 1. The van der Waals surface area contributed by atoms with Crippen LogP contribution in [-0.4, -0.2) is 44.3 Å². The van der Waals surface area contributed by atoms with Crippen molar-refractivity contribution in [2.75, 3.05) is 17.4 Å². The molecule has 0 aliphatic carbocycles. The molecule has 4 rings (SSSR count). The summed E-state index contributed by atoms with van der Waals surface area (Å²) in [6.07, 6.45) is 0.235. The Morgan fingerprint density at radius 3 is 1.93 bits per heavy atom. The molecule has 0 saturated carbocycles. The fraction of sp³-hybridized carbons (Fsp3) is 0.257. The molecule has 2 amide bonds. The number of amides is 2. The molecule has 0 bridgehead atoms. The highest BCUT2D eigenvalue weighted by atomic mass is 32.2. The van der Waals surface area contributed by atoms with Gasteiger partial charge in [0.15, 0.2) is 0 Å². The summed E-state index contributed by atoms with van der Waals surface area (Å²) >= 11 is 0. The third-order valence-electron chi connectivity index (χ3n) is 7.15. The number of nitrogens with zero attached hydrogens (tertiary/aromatic N) is 2. The summed E-state index contributed by atoms with van der Waals surface area (Å²) < 4.78 is 42.7. The summed E-state index contributed by atoms with van der Waals surface area (Å²) in [6, 6.07) is 29.0. The maximum atomic E-state index is 14.4. The SMILES string of the molecule is Cc1ccc(N(CC(=O)N(Cc2ccccc2)[C@@H](Cc2ccccc2)C(=O)NCC(C)C)S(=O)(=O)c2ccc(F)cc2)cc1. The molecule has 230 valence electrons. The minimum Gasteiger partial charge on any atom is -0.354 e. The highest BCUT2D eigenvalue weighted by molar-refractivity contribution is 7.92. The molecule has 0 radical (unpaired) electrons. The molecule has 0 spiro atoms. The van der Waals surface area contributed by atoms with Gasteiger partial charge in [-0.15, -0.1) is 0 Å². The van der Waals surface area contributed by atoms with Gasteiger partial charge in [0.2, 0.25) is 11.8 Å². The Kier molecular flexibility index (Phi) is 10.9. The van der Waals surface area contributed by atoms with Crippen LogP contribution in [0.2, 0.25) is 0 Å². The number of benzene rings is 4. The maximum absolute atomic E-state index is 14.4. The van der Waals surface area contributed by atoms with Crippen LogP contribution in [0.1, 0.15) is 30.5 Å². The van der Waals surface area contributed by atoms with Crippen LogP contribution in [0, 0.1) is 18.7 Å². The lowest BCUT2D eigenvalue weighted by Gasteiger charge is -2.34. The van der Waals surface area contributed by atoms with Gasteiger partial charge in [-0.1, -0.05) is 92.2 Å². The van der Waals surface area contributed by atoms with Gasteiger partial charge in [-0.2, -0.15) is 0 Å². The van der Waals surface area contributed by atoms with E-state index in [1.807, 2.05) is 81.4 Å². The van der Waals surface area contributed by atoms with Crippen molar-refractivity contribution in [1.82, 2.24) is 10.2 Å². The molecule has 0 aliphatic heterocycles. The number of hydrogen-bond donors (Lipinski definition) is 1. The molecule has 0 heterocycles. The van der Waals surface area contributed by atoms with E-state index >= 15 is 0 Å². The van der Waals surface area contributed by atoms with E-state index in [1.54, 1.807) is 24.3 Å². The molecule has 9 heteroatoms. The number of sulfonamides is 1. The van der Waals surface area contributed by atoms with E-state index in [9.17, 15) is 22.4 Å².